The monoisotopic (exact) mass is 964 g/mol. The zero-order valence-electron chi connectivity index (χ0n) is 41.6. The van der Waals surface area contributed by atoms with Crippen LogP contribution in [-0.4, -0.2) is 4.57 Å². The number of para-hydroxylation sites is 4. The molecule has 2 aliphatic carbocycles. The third kappa shape index (κ3) is 5.65. The number of benzene rings is 12. The summed E-state index contributed by atoms with van der Waals surface area (Å²) in [6.07, 6.45) is 0. The number of hydrogen-bond acceptors (Lipinski definition) is 1. The molecule has 0 bridgehead atoms. The quantitative estimate of drug-likeness (QED) is 0.155. The second kappa shape index (κ2) is 16.4. The van der Waals surface area contributed by atoms with Gasteiger partial charge in [-0.05, 0) is 114 Å². The van der Waals surface area contributed by atoms with Gasteiger partial charge in [-0.1, -0.05) is 255 Å². The fourth-order valence-electron chi connectivity index (χ4n) is 14.2. The molecule has 354 valence electrons. The Morgan fingerprint density at radius 3 is 1.57 bits per heavy atom. The largest absolute Gasteiger partial charge is 0.309 e. The first-order valence-corrected chi connectivity index (χ1v) is 26.5. The Kier molecular flexibility index (Phi) is 9.20. The maximum atomic E-state index is 2.58. The molecule has 0 fully saturated rings. The molecule has 3 aliphatic rings. The first-order valence-electron chi connectivity index (χ1n) is 26.5. The molecule has 1 aromatic heterocycles. The zero-order valence-corrected chi connectivity index (χ0v) is 41.6. The first kappa shape index (κ1) is 42.7. The van der Waals surface area contributed by atoms with Crippen LogP contribution in [0, 0.1) is 0 Å². The van der Waals surface area contributed by atoms with E-state index in [4.69, 9.17) is 0 Å². The Morgan fingerprint density at radius 1 is 0.289 bits per heavy atom. The summed E-state index contributed by atoms with van der Waals surface area (Å²) in [7, 11) is 0. The van der Waals surface area contributed by atoms with Crippen molar-refractivity contribution in [3.63, 3.8) is 0 Å². The third-order valence-corrected chi connectivity index (χ3v) is 17.1. The molecule has 12 aromatic carbocycles. The average Bonchev–Trinajstić information content (AvgIpc) is 4.15. The van der Waals surface area contributed by atoms with Gasteiger partial charge in [0.1, 0.15) is 0 Å². The molecule has 2 heterocycles. The number of fused-ring (bicyclic) bond motifs is 15. The van der Waals surface area contributed by atoms with Crippen molar-refractivity contribution < 1.29 is 0 Å². The molecule has 13 aromatic rings. The van der Waals surface area contributed by atoms with Crippen LogP contribution in [0.2, 0.25) is 0 Å². The highest BCUT2D eigenvalue weighted by atomic mass is 15.1. The standard InChI is InChI=1S/C74H48N2/c1-4-24-49(25-5-1)53-30-10-11-31-54(53)56-33-14-19-42-67(56)75(70-45-23-40-65-71(70)59-35-13-17-38-62(59)73(65,50-26-6-2-7-27-50)51-28-8-3-9-29-51)52-46-47-63-60(48-52)55-32-12-16-37-61(55)74(63)64-39-18-21-44-69(64)76-68-43-20-15-34-57(68)58-36-22-41-66(74)72(58)76/h1-48H. The summed E-state index contributed by atoms with van der Waals surface area (Å²) >= 11 is 0. The van der Waals surface area contributed by atoms with Gasteiger partial charge < -0.3 is 9.47 Å². The predicted molar refractivity (Wildman–Crippen MR) is 315 cm³/mol. The van der Waals surface area contributed by atoms with E-state index in [9.17, 15) is 0 Å². The van der Waals surface area contributed by atoms with Gasteiger partial charge in [0.25, 0.3) is 0 Å². The lowest BCUT2D eigenvalue weighted by molar-refractivity contribution is 0.748. The lowest BCUT2D eigenvalue weighted by Gasteiger charge is -2.39. The van der Waals surface area contributed by atoms with Crippen molar-refractivity contribution in [2.45, 2.75) is 10.8 Å². The van der Waals surface area contributed by atoms with Gasteiger partial charge in [0.15, 0.2) is 0 Å². The zero-order chi connectivity index (χ0) is 50.0. The first-order chi connectivity index (χ1) is 37.8. The SMILES string of the molecule is c1ccc(-c2ccccc2-c2ccccc2N(c2ccc3c(c2)-c2ccccc2C32c3ccccc3-n3c4ccccc4c4cccc2c43)c2cccc3c2-c2ccccc2C3(c2ccccc2)c2ccccc2)cc1. The molecule has 0 radical (unpaired) electrons. The van der Waals surface area contributed by atoms with Crippen molar-refractivity contribution in [2.24, 2.45) is 0 Å². The van der Waals surface area contributed by atoms with Crippen molar-refractivity contribution in [2.75, 3.05) is 4.90 Å². The Morgan fingerprint density at radius 2 is 0.803 bits per heavy atom. The minimum Gasteiger partial charge on any atom is -0.309 e. The Hall–Kier alpha value is -9.76. The van der Waals surface area contributed by atoms with Crippen LogP contribution in [0.1, 0.15) is 44.5 Å². The van der Waals surface area contributed by atoms with E-state index in [0.29, 0.717) is 0 Å². The molecular weight excluding hydrogens is 917 g/mol. The molecule has 0 saturated heterocycles. The van der Waals surface area contributed by atoms with E-state index in [0.717, 1.165) is 22.6 Å². The Balaban J connectivity index is 1.01. The van der Waals surface area contributed by atoms with E-state index in [2.05, 4.69) is 301 Å². The summed E-state index contributed by atoms with van der Waals surface area (Å²) in [5, 5.41) is 2.56. The molecular formula is C74H48N2. The van der Waals surface area contributed by atoms with Crippen LogP contribution in [0.25, 0.3) is 72.0 Å². The van der Waals surface area contributed by atoms with Crippen molar-refractivity contribution in [3.8, 4) is 50.2 Å². The molecule has 0 N–H and O–H groups in total. The van der Waals surface area contributed by atoms with Crippen molar-refractivity contribution in [1.82, 2.24) is 4.57 Å². The van der Waals surface area contributed by atoms with E-state index in [1.807, 2.05) is 0 Å². The third-order valence-electron chi connectivity index (χ3n) is 17.1. The Bertz CT molecular complexity index is 4430. The average molecular weight is 965 g/mol. The summed E-state index contributed by atoms with van der Waals surface area (Å²) < 4.78 is 2.53. The molecule has 76 heavy (non-hydrogen) atoms. The lowest BCUT2D eigenvalue weighted by atomic mass is 9.65. The van der Waals surface area contributed by atoms with Gasteiger partial charge in [-0.15, -0.1) is 0 Å². The summed E-state index contributed by atoms with van der Waals surface area (Å²) in [6.45, 7) is 0. The highest BCUT2D eigenvalue weighted by molar-refractivity contribution is 6.13. The normalized spacial score (nSPS) is 15.0. The van der Waals surface area contributed by atoms with Gasteiger partial charge in [-0.3, -0.25) is 0 Å². The molecule has 2 nitrogen and oxygen atoms in total. The highest BCUT2D eigenvalue weighted by Crippen LogP contribution is 2.64. The highest BCUT2D eigenvalue weighted by Gasteiger charge is 2.52. The minimum atomic E-state index is -0.573. The van der Waals surface area contributed by atoms with Crippen LogP contribution >= 0.6 is 0 Å². The van der Waals surface area contributed by atoms with Gasteiger partial charge in [-0.25, -0.2) is 0 Å². The maximum absolute atomic E-state index is 2.58. The van der Waals surface area contributed by atoms with Gasteiger partial charge in [0, 0.05) is 27.6 Å². The number of hydrogen-bond donors (Lipinski definition) is 0. The second-order valence-electron chi connectivity index (χ2n) is 20.6. The van der Waals surface area contributed by atoms with Gasteiger partial charge in [-0.2, -0.15) is 0 Å². The molecule has 2 heteroatoms. The van der Waals surface area contributed by atoms with E-state index in [1.54, 1.807) is 0 Å². The van der Waals surface area contributed by atoms with Crippen molar-refractivity contribution >= 4 is 38.9 Å². The Labute approximate surface area is 442 Å². The van der Waals surface area contributed by atoms with E-state index in [-0.39, 0.29) is 0 Å². The fourth-order valence-corrected chi connectivity index (χ4v) is 14.2. The van der Waals surface area contributed by atoms with Crippen LogP contribution in [0.15, 0.2) is 291 Å². The molecule has 0 amide bonds. The summed E-state index contributed by atoms with van der Waals surface area (Å²) in [4.78, 5) is 2.58. The molecule has 0 saturated carbocycles. The lowest BCUT2D eigenvalue weighted by Crippen LogP contribution is -2.33. The smallest absolute Gasteiger partial charge is 0.0754 e. The van der Waals surface area contributed by atoms with Crippen LogP contribution in [0.4, 0.5) is 17.1 Å². The number of nitrogens with zero attached hydrogens (tertiary/aromatic N) is 2. The van der Waals surface area contributed by atoms with Crippen molar-refractivity contribution in [1.29, 1.82) is 0 Å². The van der Waals surface area contributed by atoms with Gasteiger partial charge in [0.2, 0.25) is 0 Å². The molecule has 1 aliphatic heterocycles. The van der Waals surface area contributed by atoms with Crippen LogP contribution < -0.4 is 4.90 Å². The van der Waals surface area contributed by atoms with E-state index >= 15 is 0 Å². The summed E-state index contributed by atoms with van der Waals surface area (Å²) in [6, 6.07) is 109. The van der Waals surface area contributed by atoms with Gasteiger partial charge in [0.05, 0.1) is 38.9 Å². The summed E-state index contributed by atoms with van der Waals surface area (Å²) in [5.74, 6) is 0. The van der Waals surface area contributed by atoms with E-state index in [1.165, 1.54) is 111 Å². The molecule has 1 unspecified atom stereocenters. The van der Waals surface area contributed by atoms with Crippen LogP contribution in [0.3, 0.4) is 0 Å². The number of aromatic nitrogens is 1. The fraction of sp³-hybridized carbons (Fsp3) is 0.0270. The summed E-state index contributed by atoms with van der Waals surface area (Å²) in [5.41, 5.74) is 25.9. The topological polar surface area (TPSA) is 8.17 Å². The predicted octanol–water partition coefficient (Wildman–Crippen LogP) is 18.6. The van der Waals surface area contributed by atoms with Crippen molar-refractivity contribution in [3.05, 3.63) is 336 Å². The molecule has 1 atom stereocenters. The molecule has 16 rings (SSSR count). The van der Waals surface area contributed by atoms with E-state index < -0.39 is 10.8 Å². The second-order valence-corrected chi connectivity index (χ2v) is 20.6. The maximum Gasteiger partial charge on any atom is 0.0754 e. The van der Waals surface area contributed by atoms with Gasteiger partial charge >= 0.3 is 0 Å². The molecule has 1 spiro atoms. The number of anilines is 3. The van der Waals surface area contributed by atoms with Crippen LogP contribution in [0.5, 0.6) is 0 Å². The minimum absolute atomic E-state index is 0.569. The van der Waals surface area contributed by atoms with Crippen LogP contribution in [-0.2, 0) is 10.8 Å². The number of rotatable bonds is 7.